The number of fused-ring (bicyclic) bond motifs is 1. The van der Waals surface area contributed by atoms with Crippen LogP contribution in [0.15, 0.2) is 36.4 Å². The lowest BCUT2D eigenvalue weighted by Crippen LogP contribution is -2.40. The maximum absolute atomic E-state index is 12.5. The van der Waals surface area contributed by atoms with E-state index in [1.54, 1.807) is 30.3 Å². The summed E-state index contributed by atoms with van der Waals surface area (Å²) in [5.41, 5.74) is 0.951. The van der Waals surface area contributed by atoms with E-state index in [2.05, 4.69) is 5.32 Å². The van der Waals surface area contributed by atoms with E-state index in [-0.39, 0.29) is 5.91 Å². The minimum atomic E-state index is -0.528. The van der Waals surface area contributed by atoms with E-state index in [0.717, 1.165) is 31.4 Å². The number of anilines is 1. The Hall–Kier alpha value is -1.91. The Morgan fingerprint density at radius 2 is 1.72 bits per heavy atom. The van der Waals surface area contributed by atoms with Gasteiger partial charge in [-0.25, -0.2) is 0 Å². The second-order valence-electron chi connectivity index (χ2n) is 6.42. The van der Waals surface area contributed by atoms with Gasteiger partial charge >= 0.3 is 0 Å². The molecule has 2 aromatic rings. The Morgan fingerprint density at radius 1 is 0.960 bits per heavy atom. The molecule has 4 rings (SSSR count). The summed E-state index contributed by atoms with van der Waals surface area (Å²) in [4.78, 5) is 12.5. The van der Waals surface area contributed by atoms with E-state index in [0.29, 0.717) is 27.0 Å². The van der Waals surface area contributed by atoms with Crippen molar-refractivity contribution in [2.24, 2.45) is 0 Å². The number of rotatable bonds is 2. The van der Waals surface area contributed by atoms with E-state index >= 15 is 0 Å². The Balaban J connectivity index is 1.53. The third-order valence-electron chi connectivity index (χ3n) is 4.58. The van der Waals surface area contributed by atoms with Gasteiger partial charge in [0.1, 0.15) is 0 Å². The zero-order chi connectivity index (χ0) is 17.4. The quantitative estimate of drug-likeness (QED) is 0.732. The van der Waals surface area contributed by atoms with Crippen LogP contribution in [0.3, 0.4) is 0 Å². The van der Waals surface area contributed by atoms with Gasteiger partial charge in [-0.1, -0.05) is 29.6 Å². The van der Waals surface area contributed by atoms with Crippen molar-refractivity contribution in [1.29, 1.82) is 0 Å². The first-order valence-electron chi connectivity index (χ1n) is 8.33. The first kappa shape index (κ1) is 16.6. The van der Waals surface area contributed by atoms with Gasteiger partial charge in [0.15, 0.2) is 11.5 Å². The molecule has 1 spiro atoms. The molecule has 0 radical (unpaired) electrons. The average Bonchev–Trinajstić information content (AvgIpc) is 2.94. The van der Waals surface area contributed by atoms with Crippen LogP contribution in [0.25, 0.3) is 0 Å². The molecule has 0 bridgehead atoms. The zero-order valence-electron chi connectivity index (χ0n) is 13.5. The summed E-state index contributed by atoms with van der Waals surface area (Å²) in [6, 6.07) is 10.2. The Morgan fingerprint density at radius 3 is 2.52 bits per heavy atom. The SMILES string of the molecule is O=C(Nc1ccc2c(c1)OC1(CCCCC1)O2)c1cc(Cl)ccc1Cl. The van der Waals surface area contributed by atoms with Crippen molar-refractivity contribution in [2.75, 3.05) is 5.32 Å². The fourth-order valence-corrected chi connectivity index (χ4v) is 3.71. The highest BCUT2D eigenvalue weighted by Gasteiger charge is 2.42. The minimum absolute atomic E-state index is 0.321. The summed E-state index contributed by atoms with van der Waals surface area (Å²) in [6.07, 6.45) is 5.20. The summed E-state index contributed by atoms with van der Waals surface area (Å²) >= 11 is 12.0. The molecule has 1 N–H and O–H groups in total. The maximum atomic E-state index is 12.5. The number of ether oxygens (including phenoxy) is 2. The molecule has 1 saturated carbocycles. The number of benzene rings is 2. The number of amides is 1. The lowest BCUT2D eigenvalue weighted by atomic mass is 9.94. The molecule has 4 nitrogen and oxygen atoms in total. The first-order valence-corrected chi connectivity index (χ1v) is 9.09. The second kappa shape index (κ2) is 6.43. The summed E-state index contributed by atoms with van der Waals surface area (Å²) in [5, 5.41) is 3.64. The molecule has 1 heterocycles. The normalized spacial score (nSPS) is 17.5. The van der Waals surface area contributed by atoms with Crippen LogP contribution in [0.1, 0.15) is 42.5 Å². The Kier molecular flexibility index (Phi) is 4.26. The van der Waals surface area contributed by atoms with Crippen molar-refractivity contribution < 1.29 is 14.3 Å². The lowest BCUT2D eigenvalue weighted by Gasteiger charge is -2.31. The van der Waals surface area contributed by atoms with E-state index in [1.165, 1.54) is 6.42 Å². The molecule has 0 saturated heterocycles. The number of halogens is 2. The maximum Gasteiger partial charge on any atom is 0.257 e. The highest BCUT2D eigenvalue weighted by molar-refractivity contribution is 6.36. The van der Waals surface area contributed by atoms with Gasteiger partial charge in [0, 0.05) is 29.6 Å². The molecule has 25 heavy (non-hydrogen) atoms. The van der Waals surface area contributed by atoms with Crippen LogP contribution in [-0.2, 0) is 0 Å². The molecule has 1 amide bonds. The van der Waals surface area contributed by atoms with Crippen LogP contribution < -0.4 is 14.8 Å². The number of carbonyl (C=O) groups excluding carboxylic acids is 1. The van der Waals surface area contributed by atoms with Crippen LogP contribution in [0.2, 0.25) is 10.0 Å². The van der Waals surface area contributed by atoms with Crippen LogP contribution in [0, 0.1) is 0 Å². The van der Waals surface area contributed by atoms with E-state index in [1.807, 2.05) is 6.07 Å². The monoisotopic (exact) mass is 377 g/mol. The van der Waals surface area contributed by atoms with Gasteiger partial charge in [-0.15, -0.1) is 0 Å². The van der Waals surface area contributed by atoms with Crippen LogP contribution >= 0.6 is 23.2 Å². The van der Waals surface area contributed by atoms with E-state index < -0.39 is 5.79 Å². The molecule has 2 aromatic carbocycles. The van der Waals surface area contributed by atoms with E-state index in [9.17, 15) is 4.79 Å². The fourth-order valence-electron chi connectivity index (χ4n) is 3.34. The van der Waals surface area contributed by atoms with Crippen molar-refractivity contribution in [1.82, 2.24) is 0 Å². The van der Waals surface area contributed by atoms with Gasteiger partial charge < -0.3 is 14.8 Å². The van der Waals surface area contributed by atoms with Crippen molar-refractivity contribution >= 4 is 34.8 Å². The van der Waals surface area contributed by atoms with Crippen molar-refractivity contribution in [3.63, 3.8) is 0 Å². The largest absolute Gasteiger partial charge is 0.448 e. The predicted molar refractivity (Wildman–Crippen MR) is 97.9 cm³/mol. The highest BCUT2D eigenvalue weighted by Crippen LogP contribution is 2.46. The van der Waals surface area contributed by atoms with Crippen LogP contribution in [-0.4, -0.2) is 11.7 Å². The van der Waals surface area contributed by atoms with Gasteiger partial charge in [-0.3, -0.25) is 4.79 Å². The van der Waals surface area contributed by atoms with Crippen LogP contribution in [0.5, 0.6) is 11.5 Å². The molecule has 1 aliphatic heterocycles. The molecule has 0 atom stereocenters. The standard InChI is InChI=1S/C19H17Cl2NO3/c20-12-4-6-15(21)14(10-12)18(23)22-13-5-7-16-17(11-13)25-19(24-16)8-2-1-3-9-19/h4-7,10-11H,1-3,8-9H2,(H,22,23). The molecule has 0 aromatic heterocycles. The average molecular weight is 378 g/mol. The Labute approximate surface area is 156 Å². The summed E-state index contributed by atoms with van der Waals surface area (Å²) in [7, 11) is 0. The topological polar surface area (TPSA) is 47.6 Å². The molecule has 1 fully saturated rings. The van der Waals surface area contributed by atoms with Gasteiger partial charge in [0.05, 0.1) is 10.6 Å². The third kappa shape index (κ3) is 3.29. The smallest absolute Gasteiger partial charge is 0.257 e. The van der Waals surface area contributed by atoms with E-state index in [4.69, 9.17) is 32.7 Å². The molecular weight excluding hydrogens is 361 g/mol. The van der Waals surface area contributed by atoms with Gasteiger partial charge in [-0.05, 0) is 43.2 Å². The summed E-state index contributed by atoms with van der Waals surface area (Å²) in [6.45, 7) is 0. The zero-order valence-corrected chi connectivity index (χ0v) is 15.0. The molecule has 0 unspecified atom stereocenters. The third-order valence-corrected chi connectivity index (χ3v) is 5.15. The summed E-state index contributed by atoms with van der Waals surface area (Å²) in [5.74, 6) is 0.538. The number of nitrogens with one attached hydrogen (secondary N) is 1. The summed E-state index contributed by atoms with van der Waals surface area (Å²) < 4.78 is 12.1. The van der Waals surface area contributed by atoms with Crippen molar-refractivity contribution in [3.05, 3.63) is 52.0 Å². The number of carbonyl (C=O) groups is 1. The molecular formula is C19H17Cl2NO3. The van der Waals surface area contributed by atoms with Gasteiger partial charge in [0.2, 0.25) is 0 Å². The highest BCUT2D eigenvalue weighted by atomic mass is 35.5. The van der Waals surface area contributed by atoms with Crippen molar-refractivity contribution in [2.45, 2.75) is 37.9 Å². The number of hydrogen-bond acceptors (Lipinski definition) is 3. The van der Waals surface area contributed by atoms with Crippen molar-refractivity contribution in [3.8, 4) is 11.5 Å². The molecule has 130 valence electrons. The number of hydrogen-bond donors (Lipinski definition) is 1. The van der Waals surface area contributed by atoms with Crippen LogP contribution in [0.4, 0.5) is 5.69 Å². The predicted octanol–water partition coefficient (Wildman–Crippen LogP) is 5.68. The first-order chi connectivity index (χ1) is 12.0. The molecule has 1 aliphatic carbocycles. The lowest BCUT2D eigenvalue weighted by molar-refractivity contribution is -0.105. The van der Waals surface area contributed by atoms with Gasteiger partial charge in [0.25, 0.3) is 11.7 Å². The molecule has 2 aliphatic rings. The second-order valence-corrected chi connectivity index (χ2v) is 7.26. The molecule has 6 heteroatoms. The minimum Gasteiger partial charge on any atom is -0.448 e. The fraction of sp³-hybridized carbons (Fsp3) is 0.316. The Bertz CT molecular complexity index is 831. The van der Waals surface area contributed by atoms with Gasteiger partial charge in [-0.2, -0.15) is 0 Å².